The van der Waals surface area contributed by atoms with Gasteiger partial charge in [-0.3, -0.25) is 0 Å². The van der Waals surface area contributed by atoms with Gasteiger partial charge >= 0.3 is 0 Å². The normalized spacial score (nSPS) is 11.5. The molecule has 0 heterocycles. The first-order valence-corrected chi connectivity index (χ1v) is 6.54. The second-order valence-electron chi connectivity index (χ2n) is 4.49. The van der Waals surface area contributed by atoms with Crippen LogP contribution in [0.25, 0.3) is 0 Å². The summed E-state index contributed by atoms with van der Waals surface area (Å²) in [4.78, 5) is 0. The van der Waals surface area contributed by atoms with Gasteiger partial charge in [0.15, 0.2) is 5.84 Å². The Hall–Kier alpha value is -2.27. The van der Waals surface area contributed by atoms with Gasteiger partial charge in [0.1, 0.15) is 18.2 Å². The summed E-state index contributed by atoms with van der Waals surface area (Å²) in [5.74, 6) is 0.0960. The Morgan fingerprint density at radius 3 is 2.76 bits per heavy atom. The first-order valence-electron chi connectivity index (χ1n) is 6.16. The van der Waals surface area contributed by atoms with Crippen LogP contribution in [0, 0.1) is 12.7 Å². The Morgan fingerprint density at radius 1 is 1.33 bits per heavy atom. The number of hydrogen-bond donors (Lipinski definition) is 2. The second-order valence-corrected chi connectivity index (χ2v) is 4.93. The van der Waals surface area contributed by atoms with Crippen molar-refractivity contribution in [1.29, 1.82) is 0 Å². The fourth-order valence-electron chi connectivity index (χ4n) is 1.77. The third-order valence-corrected chi connectivity index (χ3v) is 3.23. The molecule has 110 valence electrons. The van der Waals surface area contributed by atoms with Crippen molar-refractivity contribution in [1.82, 2.24) is 0 Å². The molecule has 0 unspecified atom stereocenters. The van der Waals surface area contributed by atoms with Gasteiger partial charge in [0, 0.05) is 16.1 Å². The number of nitrogens with two attached hydrogens (primary N) is 1. The van der Waals surface area contributed by atoms with Crippen molar-refractivity contribution in [2.45, 2.75) is 13.5 Å². The maximum absolute atomic E-state index is 13.7. The molecule has 0 aromatic heterocycles. The van der Waals surface area contributed by atoms with Crippen molar-refractivity contribution >= 4 is 17.4 Å². The minimum atomic E-state index is -0.423. The molecule has 0 fully saturated rings. The van der Waals surface area contributed by atoms with Crippen LogP contribution in [0.5, 0.6) is 5.75 Å². The summed E-state index contributed by atoms with van der Waals surface area (Å²) >= 11 is 5.70. The number of nitrogens with zero attached hydrogens (tertiary/aromatic N) is 1. The number of amidine groups is 1. The first-order chi connectivity index (χ1) is 10.0. The zero-order valence-electron chi connectivity index (χ0n) is 11.3. The number of halogens is 2. The highest BCUT2D eigenvalue weighted by Crippen LogP contribution is 2.22. The molecule has 0 radical (unpaired) electrons. The fourth-order valence-corrected chi connectivity index (χ4v) is 1.93. The summed E-state index contributed by atoms with van der Waals surface area (Å²) < 4.78 is 19.3. The molecule has 0 saturated heterocycles. The lowest BCUT2D eigenvalue weighted by atomic mass is 10.1. The summed E-state index contributed by atoms with van der Waals surface area (Å²) in [6.45, 7) is 1.91. The van der Waals surface area contributed by atoms with Crippen LogP contribution in [0.2, 0.25) is 5.02 Å². The van der Waals surface area contributed by atoms with Crippen LogP contribution in [-0.4, -0.2) is 11.0 Å². The molecule has 0 atom stereocenters. The van der Waals surface area contributed by atoms with E-state index >= 15 is 0 Å². The van der Waals surface area contributed by atoms with Crippen LogP contribution in [0.4, 0.5) is 4.39 Å². The Labute approximate surface area is 126 Å². The average Bonchev–Trinajstić information content (AvgIpc) is 2.47. The molecule has 3 N–H and O–H groups in total. The van der Waals surface area contributed by atoms with Crippen LogP contribution in [0.15, 0.2) is 41.6 Å². The molecule has 0 saturated carbocycles. The average molecular weight is 309 g/mol. The van der Waals surface area contributed by atoms with Crippen molar-refractivity contribution in [3.05, 3.63) is 63.9 Å². The highest BCUT2D eigenvalue weighted by Gasteiger charge is 2.08. The predicted molar refractivity (Wildman–Crippen MR) is 79.4 cm³/mol. The molecule has 0 bridgehead atoms. The number of oxime groups is 1. The minimum Gasteiger partial charge on any atom is -0.489 e. The van der Waals surface area contributed by atoms with Gasteiger partial charge < -0.3 is 15.7 Å². The SMILES string of the molecule is Cc1ccc(/C(N)=N/O)cc1OCc1ccc(Cl)cc1F. The summed E-state index contributed by atoms with van der Waals surface area (Å²) in [6.07, 6.45) is 0. The molecule has 21 heavy (non-hydrogen) atoms. The fraction of sp³-hybridized carbons (Fsp3) is 0.133. The lowest BCUT2D eigenvalue weighted by Gasteiger charge is -2.11. The summed E-state index contributed by atoms with van der Waals surface area (Å²) in [5.41, 5.74) is 7.31. The molecule has 2 aromatic rings. The first kappa shape index (κ1) is 15.1. The molecule has 0 spiro atoms. The molecular weight excluding hydrogens is 295 g/mol. The zero-order valence-corrected chi connectivity index (χ0v) is 12.1. The van der Waals surface area contributed by atoms with Crippen molar-refractivity contribution < 1.29 is 14.3 Å². The number of benzene rings is 2. The third kappa shape index (κ3) is 3.64. The van der Waals surface area contributed by atoms with Crippen molar-refractivity contribution in [3.63, 3.8) is 0 Å². The van der Waals surface area contributed by atoms with E-state index in [4.69, 9.17) is 27.3 Å². The van der Waals surface area contributed by atoms with Crippen LogP contribution in [0.3, 0.4) is 0 Å². The van der Waals surface area contributed by atoms with Gasteiger partial charge in [-0.2, -0.15) is 0 Å². The van der Waals surface area contributed by atoms with Gasteiger partial charge in [-0.25, -0.2) is 4.39 Å². The predicted octanol–water partition coefficient (Wildman–Crippen LogP) is 3.46. The monoisotopic (exact) mass is 308 g/mol. The molecule has 0 aliphatic carbocycles. The van der Waals surface area contributed by atoms with E-state index in [2.05, 4.69) is 5.16 Å². The van der Waals surface area contributed by atoms with Crippen molar-refractivity contribution in [2.75, 3.05) is 0 Å². The molecule has 0 aliphatic rings. The number of aryl methyl sites for hydroxylation is 1. The van der Waals surface area contributed by atoms with Crippen molar-refractivity contribution in [3.8, 4) is 5.75 Å². The maximum Gasteiger partial charge on any atom is 0.170 e. The smallest absolute Gasteiger partial charge is 0.170 e. The molecule has 2 rings (SSSR count). The van der Waals surface area contributed by atoms with Gasteiger partial charge in [0.05, 0.1) is 0 Å². The molecule has 4 nitrogen and oxygen atoms in total. The zero-order chi connectivity index (χ0) is 15.4. The Bertz CT molecular complexity index is 689. The maximum atomic E-state index is 13.7. The van der Waals surface area contributed by atoms with E-state index in [0.29, 0.717) is 21.9 Å². The summed E-state index contributed by atoms with van der Waals surface area (Å²) in [7, 11) is 0. The molecule has 2 aromatic carbocycles. The van der Waals surface area contributed by atoms with Crippen LogP contribution >= 0.6 is 11.6 Å². The minimum absolute atomic E-state index is 0.0162. The lowest BCUT2D eigenvalue weighted by Crippen LogP contribution is -2.13. The highest BCUT2D eigenvalue weighted by atomic mass is 35.5. The van der Waals surface area contributed by atoms with E-state index in [-0.39, 0.29) is 12.4 Å². The van der Waals surface area contributed by atoms with Crippen LogP contribution in [-0.2, 0) is 6.61 Å². The standard InChI is InChI=1S/C15H14ClFN2O2/c1-9-2-3-10(15(18)19-20)6-14(9)21-8-11-4-5-12(16)7-13(11)17/h2-7,20H,8H2,1H3,(H2,18,19). The summed E-state index contributed by atoms with van der Waals surface area (Å²) in [5, 5.41) is 11.9. The van der Waals surface area contributed by atoms with E-state index in [1.54, 1.807) is 30.3 Å². The number of ether oxygens (including phenoxy) is 1. The highest BCUT2D eigenvalue weighted by molar-refractivity contribution is 6.30. The van der Waals surface area contributed by atoms with E-state index in [1.165, 1.54) is 6.07 Å². The third-order valence-electron chi connectivity index (χ3n) is 2.99. The summed E-state index contributed by atoms with van der Waals surface area (Å²) in [6, 6.07) is 9.53. The van der Waals surface area contributed by atoms with Gasteiger partial charge in [-0.1, -0.05) is 35.0 Å². The second kappa shape index (κ2) is 6.45. The van der Waals surface area contributed by atoms with Crippen molar-refractivity contribution in [2.24, 2.45) is 10.9 Å². The van der Waals surface area contributed by atoms with Crippen LogP contribution < -0.4 is 10.5 Å². The quantitative estimate of drug-likeness (QED) is 0.393. The Morgan fingerprint density at radius 2 is 2.10 bits per heavy atom. The Kier molecular flexibility index (Phi) is 4.65. The van der Waals surface area contributed by atoms with Gasteiger partial charge in [0.25, 0.3) is 0 Å². The molecule has 6 heteroatoms. The van der Waals surface area contributed by atoms with E-state index in [1.807, 2.05) is 6.92 Å². The molecule has 0 aliphatic heterocycles. The Balaban J connectivity index is 2.19. The number of hydrogen-bond acceptors (Lipinski definition) is 3. The lowest BCUT2D eigenvalue weighted by molar-refractivity contribution is 0.297. The number of rotatable bonds is 4. The molecule has 0 amide bonds. The topological polar surface area (TPSA) is 67.8 Å². The molecular formula is C15H14ClFN2O2. The van der Waals surface area contributed by atoms with E-state index in [0.717, 1.165) is 5.56 Å². The van der Waals surface area contributed by atoms with E-state index in [9.17, 15) is 4.39 Å². The van der Waals surface area contributed by atoms with Gasteiger partial charge in [-0.05, 0) is 30.7 Å². The largest absolute Gasteiger partial charge is 0.489 e. The van der Waals surface area contributed by atoms with Crippen LogP contribution in [0.1, 0.15) is 16.7 Å². The van der Waals surface area contributed by atoms with Gasteiger partial charge in [-0.15, -0.1) is 0 Å². The van der Waals surface area contributed by atoms with E-state index < -0.39 is 5.82 Å². The van der Waals surface area contributed by atoms with Gasteiger partial charge in [0.2, 0.25) is 0 Å².